The van der Waals surface area contributed by atoms with Gasteiger partial charge in [0.25, 0.3) is 0 Å². The Labute approximate surface area is 109 Å². The third kappa shape index (κ3) is 3.25. The van der Waals surface area contributed by atoms with Crippen LogP contribution in [0.5, 0.6) is 0 Å². The zero-order valence-electron chi connectivity index (χ0n) is 10.3. The Morgan fingerprint density at radius 1 is 1.44 bits per heavy atom. The van der Waals surface area contributed by atoms with Gasteiger partial charge in [0, 0.05) is 12.6 Å². The summed E-state index contributed by atoms with van der Waals surface area (Å²) >= 11 is 1.88. The van der Waals surface area contributed by atoms with E-state index in [9.17, 15) is 4.79 Å². The van der Waals surface area contributed by atoms with Gasteiger partial charge in [-0.25, -0.2) is 19.3 Å². The van der Waals surface area contributed by atoms with Crippen LogP contribution >= 0.6 is 11.8 Å². The SMILES string of the molecule is CSCCCCCNc1cc2n[nH]c(=O)n2cn1. The second-order valence-corrected chi connectivity index (χ2v) is 5.00. The molecule has 0 radical (unpaired) electrons. The molecule has 2 rings (SSSR count). The van der Waals surface area contributed by atoms with Gasteiger partial charge in [0.05, 0.1) is 0 Å². The van der Waals surface area contributed by atoms with Crippen LogP contribution in [0.1, 0.15) is 19.3 Å². The van der Waals surface area contributed by atoms with Crippen molar-refractivity contribution in [2.75, 3.05) is 23.9 Å². The summed E-state index contributed by atoms with van der Waals surface area (Å²) in [6.45, 7) is 0.895. The highest BCUT2D eigenvalue weighted by Crippen LogP contribution is 2.06. The molecule has 2 N–H and O–H groups in total. The monoisotopic (exact) mass is 267 g/mol. The van der Waals surface area contributed by atoms with Crippen molar-refractivity contribution in [3.63, 3.8) is 0 Å². The number of fused-ring (bicyclic) bond motifs is 1. The van der Waals surface area contributed by atoms with Gasteiger partial charge in [-0.2, -0.15) is 16.9 Å². The first-order valence-corrected chi connectivity index (χ1v) is 7.36. The minimum absolute atomic E-state index is 0.263. The van der Waals surface area contributed by atoms with Crippen molar-refractivity contribution in [3.05, 3.63) is 22.9 Å². The molecular formula is C11H17N5OS. The van der Waals surface area contributed by atoms with Gasteiger partial charge in [-0.15, -0.1) is 0 Å². The number of aromatic nitrogens is 4. The van der Waals surface area contributed by atoms with Crippen LogP contribution in [0.15, 0.2) is 17.2 Å². The molecule has 18 heavy (non-hydrogen) atoms. The molecule has 0 aliphatic carbocycles. The first kappa shape index (κ1) is 12.9. The zero-order valence-corrected chi connectivity index (χ0v) is 11.2. The van der Waals surface area contributed by atoms with Crippen LogP contribution in [0.25, 0.3) is 5.65 Å². The average molecular weight is 267 g/mol. The summed E-state index contributed by atoms with van der Waals surface area (Å²) < 4.78 is 1.38. The van der Waals surface area contributed by atoms with Crippen LogP contribution in [-0.2, 0) is 0 Å². The standard InChI is InChI=1S/C11H17N5OS/c1-18-6-4-2-3-5-12-9-7-10-14-15-11(17)16(10)8-13-9/h7-8,12H,2-6H2,1H3,(H,15,17). The van der Waals surface area contributed by atoms with Crippen molar-refractivity contribution in [2.24, 2.45) is 0 Å². The Hall–Kier alpha value is -1.50. The fourth-order valence-electron chi connectivity index (χ4n) is 1.67. The van der Waals surface area contributed by atoms with Crippen LogP contribution in [0.4, 0.5) is 5.82 Å². The van der Waals surface area contributed by atoms with E-state index in [0.717, 1.165) is 18.8 Å². The number of anilines is 1. The van der Waals surface area contributed by atoms with Gasteiger partial charge in [-0.3, -0.25) is 0 Å². The smallest absolute Gasteiger partial charge is 0.348 e. The van der Waals surface area contributed by atoms with Crippen LogP contribution in [0, 0.1) is 0 Å². The van der Waals surface area contributed by atoms with Crippen LogP contribution in [0.3, 0.4) is 0 Å². The Bertz CT molecular complexity index is 550. The lowest BCUT2D eigenvalue weighted by Gasteiger charge is -2.04. The fraction of sp³-hybridized carbons (Fsp3) is 0.545. The summed E-state index contributed by atoms with van der Waals surface area (Å²) in [5.41, 5.74) is 0.320. The lowest BCUT2D eigenvalue weighted by molar-refractivity contribution is 0.748. The molecule has 98 valence electrons. The summed E-state index contributed by atoms with van der Waals surface area (Å²) in [5, 5.41) is 9.51. The maximum atomic E-state index is 11.2. The molecule has 6 nitrogen and oxygen atoms in total. The van der Waals surface area contributed by atoms with Crippen molar-refractivity contribution in [3.8, 4) is 0 Å². The van der Waals surface area contributed by atoms with E-state index in [0.29, 0.717) is 5.65 Å². The molecule has 0 fully saturated rings. The Balaban J connectivity index is 1.83. The predicted molar refractivity (Wildman–Crippen MR) is 74.3 cm³/mol. The quantitative estimate of drug-likeness (QED) is 0.741. The third-order valence-corrected chi connectivity index (χ3v) is 3.34. The molecule has 0 aromatic carbocycles. The zero-order chi connectivity index (χ0) is 12.8. The van der Waals surface area contributed by atoms with Crippen LogP contribution < -0.4 is 11.0 Å². The Morgan fingerprint density at radius 2 is 2.33 bits per heavy atom. The highest BCUT2D eigenvalue weighted by Gasteiger charge is 2.01. The van der Waals surface area contributed by atoms with Crippen LogP contribution in [-0.4, -0.2) is 38.1 Å². The van der Waals surface area contributed by atoms with E-state index < -0.39 is 0 Å². The van der Waals surface area contributed by atoms with E-state index in [4.69, 9.17) is 0 Å². The van der Waals surface area contributed by atoms with Gasteiger partial charge in [-0.05, 0) is 24.9 Å². The number of hydrogen-bond acceptors (Lipinski definition) is 5. The highest BCUT2D eigenvalue weighted by molar-refractivity contribution is 7.98. The number of unbranched alkanes of at least 4 members (excludes halogenated alkanes) is 2. The van der Waals surface area contributed by atoms with Gasteiger partial charge < -0.3 is 5.32 Å². The van der Waals surface area contributed by atoms with Crippen molar-refractivity contribution in [1.29, 1.82) is 0 Å². The molecule has 0 spiro atoms. The summed E-state index contributed by atoms with van der Waals surface area (Å²) in [6.07, 6.45) is 7.21. The first-order valence-electron chi connectivity index (χ1n) is 5.97. The Kier molecular flexibility index (Phi) is 4.63. The van der Waals surface area contributed by atoms with E-state index >= 15 is 0 Å². The van der Waals surface area contributed by atoms with E-state index in [1.54, 1.807) is 6.07 Å². The average Bonchev–Trinajstić information content (AvgIpc) is 2.75. The van der Waals surface area contributed by atoms with E-state index in [1.165, 1.54) is 29.3 Å². The molecule has 7 heteroatoms. The largest absolute Gasteiger partial charge is 0.370 e. The molecule has 0 aliphatic heterocycles. The third-order valence-electron chi connectivity index (χ3n) is 2.64. The fourth-order valence-corrected chi connectivity index (χ4v) is 2.16. The number of nitrogens with zero attached hydrogens (tertiary/aromatic N) is 3. The summed E-state index contributed by atoms with van der Waals surface area (Å²) in [7, 11) is 0. The second-order valence-electron chi connectivity index (χ2n) is 4.01. The van der Waals surface area contributed by atoms with E-state index in [1.807, 2.05) is 11.8 Å². The van der Waals surface area contributed by atoms with Crippen molar-refractivity contribution >= 4 is 23.2 Å². The van der Waals surface area contributed by atoms with Gasteiger partial charge in [-0.1, -0.05) is 6.42 Å². The van der Waals surface area contributed by atoms with Gasteiger partial charge >= 0.3 is 5.69 Å². The lowest BCUT2D eigenvalue weighted by atomic mass is 10.2. The number of hydrogen-bond donors (Lipinski definition) is 2. The van der Waals surface area contributed by atoms with Gasteiger partial charge in [0.2, 0.25) is 0 Å². The number of H-pyrrole nitrogens is 1. The maximum Gasteiger partial charge on any atom is 0.348 e. The Morgan fingerprint density at radius 3 is 3.17 bits per heavy atom. The molecule has 2 heterocycles. The summed E-state index contributed by atoms with van der Waals surface area (Å²) in [4.78, 5) is 15.4. The summed E-state index contributed by atoms with van der Waals surface area (Å²) in [5.74, 6) is 1.98. The summed E-state index contributed by atoms with van der Waals surface area (Å²) in [6, 6.07) is 1.76. The lowest BCUT2D eigenvalue weighted by Crippen LogP contribution is -2.10. The molecule has 0 atom stereocenters. The molecule has 2 aromatic rings. The van der Waals surface area contributed by atoms with Crippen LogP contribution in [0.2, 0.25) is 0 Å². The second kappa shape index (κ2) is 6.44. The van der Waals surface area contributed by atoms with Gasteiger partial charge in [0.15, 0.2) is 5.65 Å². The first-order chi connectivity index (χ1) is 8.81. The molecule has 0 amide bonds. The number of aromatic amines is 1. The minimum Gasteiger partial charge on any atom is -0.370 e. The number of thioether (sulfide) groups is 1. The number of rotatable bonds is 7. The maximum absolute atomic E-state index is 11.2. The van der Waals surface area contributed by atoms with E-state index in [-0.39, 0.29) is 5.69 Å². The van der Waals surface area contributed by atoms with Crippen molar-refractivity contribution in [2.45, 2.75) is 19.3 Å². The van der Waals surface area contributed by atoms with Crippen molar-refractivity contribution in [1.82, 2.24) is 19.6 Å². The molecule has 0 saturated carbocycles. The molecular weight excluding hydrogens is 250 g/mol. The minimum atomic E-state index is -0.263. The molecule has 2 aromatic heterocycles. The predicted octanol–water partition coefficient (Wildman–Crippen LogP) is 1.36. The normalized spacial score (nSPS) is 10.9. The van der Waals surface area contributed by atoms with Gasteiger partial charge in [0.1, 0.15) is 12.1 Å². The molecule has 0 aliphatic rings. The highest BCUT2D eigenvalue weighted by atomic mass is 32.2. The topological polar surface area (TPSA) is 75.1 Å². The van der Waals surface area contributed by atoms with E-state index in [2.05, 4.69) is 26.8 Å². The molecule has 0 bridgehead atoms. The molecule has 0 saturated heterocycles. The molecule has 0 unspecified atom stereocenters. The van der Waals surface area contributed by atoms with Crippen molar-refractivity contribution < 1.29 is 0 Å². The number of nitrogens with one attached hydrogen (secondary N) is 2.